The molecule has 1 saturated heterocycles. The van der Waals surface area contributed by atoms with Gasteiger partial charge in [-0.15, -0.1) is 12.4 Å². The molecule has 1 aromatic rings. The van der Waals surface area contributed by atoms with Crippen molar-refractivity contribution in [2.24, 2.45) is 0 Å². The minimum absolute atomic E-state index is 0. The summed E-state index contributed by atoms with van der Waals surface area (Å²) in [6, 6.07) is 5.51. The number of anilines is 2. The molecule has 1 heterocycles. The third kappa shape index (κ3) is 2.51. The Kier molecular flexibility index (Phi) is 4.26. The number of likely N-dealkylation sites (N-methyl/N-ethyl adjacent to an activating group) is 1. The molecule has 5 heteroatoms. The Morgan fingerprint density at radius 3 is 2.44 bits per heavy atom. The standard InChI is InChI=1S/C11H17N3O.ClH/c1-13-5-7-14(8-6-13)10-4-2-3-9(12)11(10)15;/h2-4,15H,5-8,12H2,1H3;1H. The maximum Gasteiger partial charge on any atom is 0.162 e. The molecule has 0 atom stereocenters. The maximum absolute atomic E-state index is 9.84. The Hall–Kier alpha value is -1.13. The van der Waals surface area contributed by atoms with Gasteiger partial charge in [0.25, 0.3) is 0 Å². The first-order chi connectivity index (χ1) is 7.18. The number of piperazine rings is 1. The van der Waals surface area contributed by atoms with E-state index >= 15 is 0 Å². The zero-order valence-corrected chi connectivity index (χ0v) is 10.2. The van der Waals surface area contributed by atoms with Crippen molar-refractivity contribution in [3.8, 4) is 5.75 Å². The molecule has 0 bridgehead atoms. The number of hydrogen-bond acceptors (Lipinski definition) is 4. The second-order valence-electron chi connectivity index (χ2n) is 4.01. The molecule has 0 radical (unpaired) electrons. The van der Waals surface area contributed by atoms with Crippen LogP contribution in [-0.2, 0) is 0 Å². The topological polar surface area (TPSA) is 52.7 Å². The van der Waals surface area contributed by atoms with Crippen LogP contribution in [0.25, 0.3) is 0 Å². The van der Waals surface area contributed by atoms with Crippen LogP contribution >= 0.6 is 12.4 Å². The average molecular weight is 244 g/mol. The number of aromatic hydroxyl groups is 1. The molecule has 0 aliphatic carbocycles. The first kappa shape index (κ1) is 12.9. The summed E-state index contributed by atoms with van der Waals surface area (Å²) in [5.74, 6) is 0.210. The Morgan fingerprint density at radius 2 is 1.81 bits per heavy atom. The smallest absolute Gasteiger partial charge is 0.162 e. The third-order valence-electron chi connectivity index (χ3n) is 2.89. The van der Waals surface area contributed by atoms with Crippen LogP contribution in [0.5, 0.6) is 5.75 Å². The number of phenols is 1. The van der Waals surface area contributed by atoms with Crippen molar-refractivity contribution in [1.29, 1.82) is 0 Å². The van der Waals surface area contributed by atoms with Crippen LogP contribution in [0.15, 0.2) is 18.2 Å². The van der Waals surface area contributed by atoms with Crippen LogP contribution in [0.3, 0.4) is 0 Å². The molecule has 0 spiro atoms. The predicted octanol–water partition coefficient (Wildman–Crippen LogP) is 1.15. The van der Waals surface area contributed by atoms with Gasteiger partial charge >= 0.3 is 0 Å². The van der Waals surface area contributed by atoms with E-state index in [0.29, 0.717) is 5.69 Å². The predicted molar refractivity (Wildman–Crippen MR) is 69.5 cm³/mol. The third-order valence-corrected chi connectivity index (χ3v) is 2.89. The van der Waals surface area contributed by atoms with Crippen molar-refractivity contribution in [2.75, 3.05) is 43.9 Å². The SMILES string of the molecule is CN1CCN(c2cccc(N)c2O)CC1.Cl. The number of phenolic OH excluding ortho intramolecular Hbond substituents is 1. The van der Waals surface area contributed by atoms with Crippen molar-refractivity contribution in [1.82, 2.24) is 4.90 Å². The van der Waals surface area contributed by atoms with Crippen LogP contribution in [0.4, 0.5) is 11.4 Å². The van der Waals surface area contributed by atoms with E-state index in [4.69, 9.17) is 5.73 Å². The fourth-order valence-corrected chi connectivity index (χ4v) is 1.85. The molecular weight excluding hydrogens is 226 g/mol. The van der Waals surface area contributed by atoms with E-state index < -0.39 is 0 Å². The van der Waals surface area contributed by atoms with Crippen LogP contribution < -0.4 is 10.6 Å². The van der Waals surface area contributed by atoms with Gasteiger partial charge in [0.2, 0.25) is 0 Å². The van der Waals surface area contributed by atoms with E-state index in [9.17, 15) is 5.11 Å². The minimum atomic E-state index is 0. The molecule has 16 heavy (non-hydrogen) atoms. The highest BCUT2D eigenvalue weighted by atomic mass is 35.5. The number of nitrogen functional groups attached to an aromatic ring is 1. The van der Waals surface area contributed by atoms with E-state index in [-0.39, 0.29) is 18.2 Å². The largest absolute Gasteiger partial charge is 0.504 e. The first-order valence-electron chi connectivity index (χ1n) is 5.19. The monoisotopic (exact) mass is 243 g/mol. The summed E-state index contributed by atoms with van der Waals surface area (Å²) in [5, 5.41) is 9.84. The molecular formula is C11H18ClN3O. The van der Waals surface area contributed by atoms with Gasteiger partial charge in [0.15, 0.2) is 5.75 Å². The molecule has 90 valence electrons. The van der Waals surface area contributed by atoms with Crippen LogP contribution in [0.2, 0.25) is 0 Å². The van der Waals surface area contributed by atoms with E-state index in [0.717, 1.165) is 31.9 Å². The van der Waals surface area contributed by atoms with Crippen LogP contribution in [-0.4, -0.2) is 43.2 Å². The number of hydrogen-bond donors (Lipinski definition) is 2. The fourth-order valence-electron chi connectivity index (χ4n) is 1.85. The van der Waals surface area contributed by atoms with Crippen LogP contribution in [0, 0.1) is 0 Å². The summed E-state index contributed by atoms with van der Waals surface area (Å²) in [4.78, 5) is 4.45. The zero-order chi connectivity index (χ0) is 10.8. The van der Waals surface area contributed by atoms with Crippen molar-refractivity contribution in [3.63, 3.8) is 0 Å². The van der Waals surface area contributed by atoms with Gasteiger partial charge in [-0.2, -0.15) is 0 Å². The maximum atomic E-state index is 9.84. The highest BCUT2D eigenvalue weighted by Gasteiger charge is 2.17. The summed E-state index contributed by atoms with van der Waals surface area (Å²) in [6.45, 7) is 3.92. The summed E-state index contributed by atoms with van der Waals surface area (Å²) in [5.41, 5.74) is 6.97. The van der Waals surface area contributed by atoms with Gasteiger partial charge in [-0.1, -0.05) is 6.07 Å². The van der Waals surface area contributed by atoms with E-state index in [1.807, 2.05) is 12.1 Å². The molecule has 3 N–H and O–H groups in total. The fraction of sp³-hybridized carbons (Fsp3) is 0.455. The van der Waals surface area contributed by atoms with Crippen LogP contribution in [0.1, 0.15) is 0 Å². The second-order valence-corrected chi connectivity index (χ2v) is 4.01. The van der Waals surface area contributed by atoms with Gasteiger partial charge < -0.3 is 20.6 Å². The Labute approximate surface area is 102 Å². The van der Waals surface area contributed by atoms with Gasteiger partial charge in [-0.25, -0.2) is 0 Å². The van der Waals surface area contributed by atoms with E-state index in [1.165, 1.54) is 0 Å². The van der Waals surface area contributed by atoms with Gasteiger partial charge in [-0.3, -0.25) is 0 Å². The van der Waals surface area contributed by atoms with Crippen molar-refractivity contribution >= 4 is 23.8 Å². The van der Waals surface area contributed by atoms with Gasteiger partial charge in [0.05, 0.1) is 11.4 Å². The lowest BCUT2D eigenvalue weighted by molar-refractivity contribution is 0.311. The molecule has 1 fully saturated rings. The van der Waals surface area contributed by atoms with E-state index in [2.05, 4.69) is 16.8 Å². The van der Waals surface area contributed by atoms with E-state index in [1.54, 1.807) is 6.07 Å². The van der Waals surface area contributed by atoms with Gasteiger partial charge in [0, 0.05) is 26.2 Å². The molecule has 4 nitrogen and oxygen atoms in total. The Balaban J connectivity index is 0.00000128. The lowest BCUT2D eigenvalue weighted by atomic mass is 10.2. The molecule has 0 amide bonds. The number of rotatable bonds is 1. The van der Waals surface area contributed by atoms with Gasteiger partial charge in [0.1, 0.15) is 0 Å². The first-order valence-corrected chi connectivity index (χ1v) is 5.19. The number of nitrogens with zero attached hydrogens (tertiary/aromatic N) is 2. The summed E-state index contributed by atoms with van der Waals surface area (Å²) < 4.78 is 0. The molecule has 0 saturated carbocycles. The average Bonchev–Trinajstić information content (AvgIpc) is 2.24. The van der Waals surface area contributed by atoms with Crippen molar-refractivity contribution in [2.45, 2.75) is 0 Å². The van der Waals surface area contributed by atoms with Gasteiger partial charge in [-0.05, 0) is 19.2 Å². The Bertz CT molecular complexity index is 351. The minimum Gasteiger partial charge on any atom is -0.504 e. The molecule has 1 aliphatic heterocycles. The van der Waals surface area contributed by atoms with Crippen molar-refractivity contribution in [3.05, 3.63) is 18.2 Å². The Morgan fingerprint density at radius 1 is 1.19 bits per heavy atom. The number of para-hydroxylation sites is 1. The zero-order valence-electron chi connectivity index (χ0n) is 9.39. The number of nitrogens with two attached hydrogens (primary N) is 1. The normalized spacial score (nSPS) is 16.9. The highest BCUT2D eigenvalue weighted by Crippen LogP contribution is 2.32. The number of halogens is 1. The lowest BCUT2D eigenvalue weighted by Gasteiger charge is -2.34. The molecule has 1 aromatic carbocycles. The summed E-state index contributed by atoms with van der Waals surface area (Å²) >= 11 is 0. The second kappa shape index (κ2) is 5.27. The molecule has 0 aromatic heterocycles. The van der Waals surface area contributed by atoms with Crippen molar-refractivity contribution < 1.29 is 5.11 Å². The molecule has 0 unspecified atom stereocenters. The summed E-state index contributed by atoms with van der Waals surface area (Å²) in [6.07, 6.45) is 0. The summed E-state index contributed by atoms with van der Waals surface area (Å²) in [7, 11) is 2.11. The highest BCUT2D eigenvalue weighted by molar-refractivity contribution is 5.85. The quantitative estimate of drug-likeness (QED) is 0.574. The molecule has 1 aliphatic rings. The lowest BCUT2D eigenvalue weighted by Crippen LogP contribution is -2.44. The number of benzene rings is 1. The molecule has 2 rings (SSSR count).